The van der Waals surface area contributed by atoms with Crippen molar-refractivity contribution in [3.05, 3.63) is 35.4 Å². The molecule has 1 aromatic rings. The molecule has 4 rings (SSSR count). The summed E-state index contributed by atoms with van der Waals surface area (Å²) in [6.45, 7) is 4.10. The average Bonchev–Trinajstić information content (AvgIpc) is 2.69. The quantitative estimate of drug-likeness (QED) is 0.846. The van der Waals surface area contributed by atoms with Crippen LogP contribution >= 0.6 is 12.4 Å². The monoisotopic (exact) mass is 393 g/mol. The summed E-state index contributed by atoms with van der Waals surface area (Å²) in [5.74, 6) is 0.291. The van der Waals surface area contributed by atoms with Gasteiger partial charge in [-0.3, -0.25) is 9.59 Å². The lowest BCUT2D eigenvalue weighted by atomic mass is 9.95. The number of nitrogens with one attached hydrogen (secondary N) is 1. The predicted molar refractivity (Wildman–Crippen MR) is 105 cm³/mol. The molecule has 2 amide bonds. The van der Waals surface area contributed by atoms with E-state index in [-0.39, 0.29) is 36.4 Å². The van der Waals surface area contributed by atoms with Crippen LogP contribution in [-0.4, -0.2) is 67.0 Å². The molecule has 2 atom stereocenters. The Hall–Kier alpha value is -1.63. The Bertz CT molecular complexity index is 684. The summed E-state index contributed by atoms with van der Waals surface area (Å²) in [7, 11) is 0. The van der Waals surface area contributed by atoms with Crippen LogP contribution in [-0.2, 0) is 20.7 Å². The molecule has 27 heavy (non-hydrogen) atoms. The molecule has 1 N–H and O–H groups in total. The molecule has 3 heterocycles. The zero-order valence-electron chi connectivity index (χ0n) is 15.6. The first-order chi connectivity index (χ1) is 12.7. The zero-order chi connectivity index (χ0) is 17.9. The van der Waals surface area contributed by atoms with E-state index in [1.54, 1.807) is 0 Å². The zero-order valence-corrected chi connectivity index (χ0v) is 16.4. The second kappa shape index (κ2) is 9.04. The van der Waals surface area contributed by atoms with E-state index in [1.807, 2.05) is 21.9 Å². The number of amides is 2. The molecule has 7 heteroatoms. The minimum Gasteiger partial charge on any atom is -0.373 e. The van der Waals surface area contributed by atoms with Crippen LogP contribution in [0.5, 0.6) is 0 Å². The predicted octanol–water partition coefficient (Wildman–Crippen LogP) is 1.54. The molecule has 0 radical (unpaired) electrons. The van der Waals surface area contributed by atoms with E-state index in [4.69, 9.17) is 4.74 Å². The third kappa shape index (κ3) is 4.45. The number of nitrogens with zero attached hydrogens (tertiary/aromatic N) is 2. The minimum absolute atomic E-state index is 0. The van der Waals surface area contributed by atoms with Gasteiger partial charge in [0.1, 0.15) is 0 Å². The first-order valence-corrected chi connectivity index (χ1v) is 9.70. The maximum absolute atomic E-state index is 12.9. The second-order valence-electron chi connectivity index (χ2n) is 7.41. The number of ether oxygens (including phenoxy) is 1. The van der Waals surface area contributed by atoms with E-state index in [1.165, 1.54) is 5.56 Å². The molecule has 6 nitrogen and oxygen atoms in total. The number of carbonyl (C=O) groups is 2. The van der Waals surface area contributed by atoms with Gasteiger partial charge in [0.15, 0.2) is 0 Å². The van der Waals surface area contributed by atoms with Crippen molar-refractivity contribution < 1.29 is 14.3 Å². The summed E-state index contributed by atoms with van der Waals surface area (Å²) in [4.78, 5) is 29.0. The normalized spacial score (nSPS) is 25.6. The molecule has 3 aliphatic heterocycles. The van der Waals surface area contributed by atoms with E-state index in [0.717, 1.165) is 44.5 Å². The highest BCUT2D eigenvalue weighted by atomic mass is 35.5. The third-order valence-corrected chi connectivity index (χ3v) is 5.77. The van der Waals surface area contributed by atoms with Crippen molar-refractivity contribution in [1.29, 1.82) is 0 Å². The second-order valence-corrected chi connectivity index (χ2v) is 7.41. The van der Waals surface area contributed by atoms with Crippen molar-refractivity contribution in [2.75, 3.05) is 39.3 Å². The van der Waals surface area contributed by atoms with Gasteiger partial charge in [-0.15, -0.1) is 12.4 Å². The summed E-state index contributed by atoms with van der Waals surface area (Å²) in [6, 6.07) is 8.41. The number of rotatable bonds is 3. The summed E-state index contributed by atoms with van der Waals surface area (Å²) in [6.07, 6.45) is 3.10. The smallest absolute Gasteiger partial charge is 0.236 e. The van der Waals surface area contributed by atoms with Gasteiger partial charge in [-0.2, -0.15) is 0 Å². The molecule has 148 valence electrons. The Balaban J connectivity index is 0.00000210. The van der Waals surface area contributed by atoms with Crippen molar-refractivity contribution in [2.45, 2.75) is 37.8 Å². The van der Waals surface area contributed by atoms with Gasteiger partial charge in [0.25, 0.3) is 0 Å². The molecular weight excluding hydrogens is 366 g/mol. The van der Waals surface area contributed by atoms with Crippen LogP contribution in [0.2, 0.25) is 0 Å². The topological polar surface area (TPSA) is 61.9 Å². The highest BCUT2D eigenvalue weighted by Gasteiger charge is 2.33. The van der Waals surface area contributed by atoms with Crippen molar-refractivity contribution in [3.8, 4) is 0 Å². The number of halogens is 1. The van der Waals surface area contributed by atoms with Crippen LogP contribution < -0.4 is 5.32 Å². The molecule has 1 aromatic carbocycles. The number of carbonyl (C=O) groups excluding carboxylic acids is 2. The molecular formula is C20H28ClN3O3. The molecule has 0 aliphatic carbocycles. The highest BCUT2D eigenvalue weighted by molar-refractivity contribution is 5.85. The molecule has 3 aliphatic rings. The fourth-order valence-electron chi connectivity index (χ4n) is 4.38. The fourth-order valence-corrected chi connectivity index (χ4v) is 4.38. The summed E-state index contributed by atoms with van der Waals surface area (Å²) in [5, 5.41) is 3.11. The van der Waals surface area contributed by atoms with Gasteiger partial charge in [0.05, 0.1) is 25.7 Å². The molecule has 2 unspecified atom stereocenters. The number of likely N-dealkylation sites (tertiary alicyclic amines) is 1. The summed E-state index contributed by atoms with van der Waals surface area (Å²) >= 11 is 0. The Labute approximate surface area is 166 Å². The average molecular weight is 394 g/mol. The number of benzene rings is 1. The maximum Gasteiger partial charge on any atom is 0.236 e. The van der Waals surface area contributed by atoms with E-state index >= 15 is 0 Å². The standard InChI is InChI=1S/C20H27N3O3.ClH/c24-19(12-18-17-6-2-1-4-15(17)7-11-26-18)22-9-3-5-16(14-22)23-10-8-21-13-20(23)25;/h1-2,4,6,16,18,21H,3,5,7-14H2;1H. The lowest BCUT2D eigenvalue weighted by Crippen LogP contribution is -2.57. The van der Waals surface area contributed by atoms with Crippen LogP contribution in [0.3, 0.4) is 0 Å². The van der Waals surface area contributed by atoms with Crippen LogP contribution in [0.25, 0.3) is 0 Å². The largest absolute Gasteiger partial charge is 0.373 e. The summed E-state index contributed by atoms with van der Waals surface area (Å²) in [5.41, 5.74) is 2.44. The molecule has 0 bridgehead atoms. The fraction of sp³-hybridized carbons (Fsp3) is 0.600. The minimum atomic E-state index is -0.145. The van der Waals surface area contributed by atoms with E-state index in [9.17, 15) is 9.59 Å². The van der Waals surface area contributed by atoms with Crippen molar-refractivity contribution in [1.82, 2.24) is 15.1 Å². The van der Waals surface area contributed by atoms with Crippen molar-refractivity contribution in [2.24, 2.45) is 0 Å². The SMILES string of the molecule is Cl.O=C(CC1OCCc2ccccc21)N1CCCC(N2CCNCC2=O)C1. The van der Waals surface area contributed by atoms with Crippen LogP contribution in [0.4, 0.5) is 0 Å². The Morgan fingerprint density at radius 3 is 2.96 bits per heavy atom. The first-order valence-electron chi connectivity index (χ1n) is 9.70. The molecule has 0 aromatic heterocycles. The van der Waals surface area contributed by atoms with Gasteiger partial charge in [0.2, 0.25) is 11.8 Å². The third-order valence-electron chi connectivity index (χ3n) is 5.77. The maximum atomic E-state index is 12.9. The van der Waals surface area contributed by atoms with Crippen molar-refractivity contribution in [3.63, 3.8) is 0 Å². The molecule has 0 saturated carbocycles. The number of piperazine rings is 1. The van der Waals surface area contributed by atoms with Gasteiger partial charge < -0.3 is 19.9 Å². The number of hydrogen-bond acceptors (Lipinski definition) is 4. The van der Waals surface area contributed by atoms with Crippen LogP contribution in [0.15, 0.2) is 24.3 Å². The molecule has 2 fully saturated rings. The van der Waals surface area contributed by atoms with E-state index < -0.39 is 0 Å². The first kappa shape index (κ1) is 20.1. The number of hydrogen-bond donors (Lipinski definition) is 1. The number of fused-ring (bicyclic) bond motifs is 1. The van der Waals surface area contributed by atoms with Crippen molar-refractivity contribution >= 4 is 24.2 Å². The molecule has 0 spiro atoms. The van der Waals surface area contributed by atoms with Gasteiger partial charge in [0, 0.05) is 32.2 Å². The Kier molecular flexibility index (Phi) is 6.73. The highest BCUT2D eigenvalue weighted by Crippen LogP contribution is 2.30. The number of piperidine rings is 1. The van der Waals surface area contributed by atoms with Gasteiger partial charge in [-0.05, 0) is 30.4 Å². The van der Waals surface area contributed by atoms with Crippen LogP contribution in [0.1, 0.15) is 36.5 Å². The summed E-state index contributed by atoms with van der Waals surface area (Å²) < 4.78 is 5.91. The van der Waals surface area contributed by atoms with Gasteiger partial charge >= 0.3 is 0 Å². The van der Waals surface area contributed by atoms with E-state index in [0.29, 0.717) is 26.1 Å². The Morgan fingerprint density at radius 1 is 1.26 bits per heavy atom. The molecule has 2 saturated heterocycles. The van der Waals surface area contributed by atoms with Gasteiger partial charge in [-0.25, -0.2) is 0 Å². The lowest BCUT2D eigenvalue weighted by Gasteiger charge is -2.41. The van der Waals surface area contributed by atoms with Gasteiger partial charge in [-0.1, -0.05) is 24.3 Å². The van der Waals surface area contributed by atoms with E-state index in [2.05, 4.69) is 17.4 Å². The Morgan fingerprint density at radius 2 is 2.11 bits per heavy atom. The lowest BCUT2D eigenvalue weighted by molar-refractivity contribution is -0.142. The van der Waals surface area contributed by atoms with Crippen LogP contribution in [0, 0.1) is 0 Å².